The zero-order chi connectivity index (χ0) is 15.8. The van der Waals surface area contributed by atoms with Gasteiger partial charge in [0.15, 0.2) is 0 Å². The van der Waals surface area contributed by atoms with E-state index in [0.29, 0.717) is 12.0 Å². The number of amides is 1. The molecule has 1 amide bonds. The van der Waals surface area contributed by atoms with E-state index >= 15 is 0 Å². The number of rotatable bonds is 3. The Bertz CT molecular complexity index is 732. The second-order valence-corrected chi connectivity index (χ2v) is 7.06. The van der Waals surface area contributed by atoms with Crippen molar-refractivity contribution in [1.82, 2.24) is 10.6 Å². The van der Waals surface area contributed by atoms with Crippen molar-refractivity contribution >= 4 is 29.1 Å². The Morgan fingerprint density at radius 2 is 1.96 bits per heavy atom. The van der Waals surface area contributed by atoms with Gasteiger partial charge < -0.3 is 10.6 Å². The maximum absolute atomic E-state index is 12.5. The van der Waals surface area contributed by atoms with E-state index < -0.39 is 0 Å². The van der Waals surface area contributed by atoms with Gasteiger partial charge in [-0.15, -0.1) is 12.4 Å². The van der Waals surface area contributed by atoms with Crippen molar-refractivity contribution in [2.45, 2.75) is 44.2 Å². The molecule has 1 saturated carbocycles. The van der Waals surface area contributed by atoms with Crippen LogP contribution < -0.4 is 10.6 Å². The van der Waals surface area contributed by atoms with Crippen LogP contribution in [-0.4, -0.2) is 24.5 Å². The summed E-state index contributed by atoms with van der Waals surface area (Å²) in [4.78, 5) is 12.5. The fraction of sp³-hybridized carbons (Fsp3) is 0.450. The normalized spacial score (nSPS) is 28.9. The highest BCUT2D eigenvalue weighted by molar-refractivity contribution is 5.86. The molecule has 4 rings (SSSR count). The summed E-state index contributed by atoms with van der Waals surface area (Å²) in [5.41, 5.74) is 1.30. The zero-order valence-corrected chi connectivity index (χ0v) is 14.8. The van der Waals surface area contributed by atoms with Gasteiger partial charge in [0.1, 0.15) is 0 Å². The predicted molar refractivity (Wildman–Crippen MR) is 101 cm³/mol. The third-order valence-corrected chi connectivity index (χ3v) is 5.42. The summed E-state index contributed by atoms with van der Waals surface area (Å²) in [5.74, 6) is 0.792. The topological polar surface area (TPSA) is 41.1 Å². The average Bonchev–Trinajstić information content (AvgIpc) is 3.37. The van der Waals surface area contributed by atoms with Crippen LogP contribution in [0.15, 0.2) is 42.5 Å². The molecule has 2 fully saturated rings. The van der Waals surface area contributed by atoms with E-state index in [1.165, 1.54) is 16.3 Å². The van der Waals surface area contributed by atoms with Gasteiger partial charge >= 0.3 is 0 Å². The largest absolute Gasteiger partial charge is 0.352 e. The molecular weight excluding hydrogens is 320 g/mol. The van der Waals surface area contributed by atoms with Gasteiger partial charge in [0, 0.05) is 18.0 Å². The standard InChI is InChI=1S/C20H24N2O.ClH/c1-13-19(7-4-10-21-13)22-20(23)18-12-17(18)16-9-8-14-5-2-3-6-15(14)11-16;/h2-3,5-6,8-9,11,13,17-19,21H,4,7,10,12H2,1H3,(H,22,23);1H. The lowest BCUT2D eigenvalue weighted by molar-refractivity contribution is -0.123. The summed E-state index contributed by atoms with van der Waals surface area (Å²) in [6.07, 6.45) is 3.22. The second-order valence-electron chi connectivity index (χ2n) is 7.06. The number of hydrogen-bond acceptors (Lipinski definition) is 2. The monoisotopic (exact) mass is 344 g/mol. The van der Waals surface area contributed by atoms with Gasteiger partial charge in [0.25, 0.3) is 0 Å². The van der Waals surface area contributed by atoms with E-state index in [2.05, 4.69) is 60.0 Å². The number of hydrogen-bond donors (Lipinski definition) is 2. The highest BCUT2D eigenvalue weighted by Gasteiger charge is 2.44. The van der Waals surface area contributed by atoms with Crippen LogP contribution in [0.2, 0.25) is 0 Å². The summed E-state index contributed by atoms with van der Waals surface area (Å²) >= 11 is 0. The molecule has 0 radical (unpaired) electrons. The lowest BCUT2D eigenvalue weighted by atomic mass is 9.99. The van der Waals surface area contributed by atoms with E-state index in [-0.39, 0.29) is 30.3 Å². The molecular formula is C20H25ClN2O. The van der Waals surface area contributed by atoms with Crippen molar-refractivity contribution in [1.29, 1.82) is 0 Å². The van der Waals surface area contributed by atoms with Crippen LogP contribution in [0, 0.1) is 5.92 Å². The minimum absolute atomic E-state index is 0. The Kier molecular flexibility index (Phi) is 5.12. The summed E-state index contributed by atoms with van der Waals surface area (Å²) < 4.78 is 0. The first-order valence-electron chi connectivity index (χ1n) is 8.75. The smallest absolute Gasteiger partial charge is 0.224 e. The number of fused-ring (bicyclic) bond motifs is 1. The third-order valence-electron chi connectivity index (χ3n) is 5.42. The number of carbonyl (C=O) groups excluding carboxylic acids is 1. The van der Waals surface area contributed by atoms with Crippen LogP contribution in [0.1, 0.15) is 37.7 Å². The van der Waals surface area contributed by atoms with Crippen molar-refractivity contribution in [3.63, 3.8) is 0 Å². The Morgan fingerprint density at radius 3 is 2.75 bits per heavy atom. The number of benzene rings is 2. The molecule has 0 aromatic heterocycles. The first kappa shape index (κ1) is 17.2. The summed E-state index contributed by atoms with van der Waals surface area (Å²) in [7, 11) is 0. The number of carbonyl (C=O) groups is 1. The van der Waals surface area contributed by atoms with Gasteiger partial charge in [-0.3, -0.25) is 4.79 Å². The lowest BCUT2D eigenvalue weighted by Crippen LogP contribution is -2.52. The van der Waals surface area contributed by atoms with E-state index in [4.69, 9.17) is 0 Å². The molecule has 2 N–H and O–H groups in total. The Morgan fingerprint density at radius 1 is 1.17 bits per heavy atom. The van der Waals surface area contributed by atoms with Crippen molar-refractivity contribution in [2.75, 3.05) is 6.54 Å². The average molecular weight is 345 g/mol. The maximum atomic E-state index is 12.5. The Labute approximate surface area is 149 Å². The third kappa shape index (κ3) is 3.42. The number of nitrogens with one attached hydrogen (secondary N) is 2. The fourth-order valence-corrected chi connectivity index (χ4v) is 3.82. The van der Waals surface area contributed by atoms with Gasteiger partial charge in [-0.2, -0.15) is 0 Å². The molecule has 2 aromatic rings. The molecule has 4 unspecified atom stereocenters. The lowest BCUT2D eigenvalue weighted by Gasteiger charge is -2.30. The number of halogens is 1. The quantitative estimate of drug-likeness (QED) is 0.892. The van der Waals surface area contributed by atoms with E-state index in [1.807, 2.05) is 0 Å². The minimum atomic E-state index is 0. The molecule has 24 heavy (non-hydrogen) atoms. The SMILES string of the molecule is CC1NCCCC1NC(=O)C1CC1c1ccc2ccccc2c1.Cl. The maximum Gasteiger partial charge on any atom is 0.224 e. The van der Waals surface area contributed by atoms with Gasteiger partial charge in [-0.05, 0) is 55.0 Å². The van der Waals surface area contributed by atoms with Crippen LogP contribution in [-0.2, 0) is 4.79 Å². The molecule has 4 heteroatoms. The van der Waals surface area contributed by atoms with Crippen LogP contribution >= 0.6 is 12.4 Å². The molecule has 128 valence electrons. The highest BCUT2D eigenvalue weighted by atomic mass is 35.5. The molecule has 0 bridgehead atoms. The van der Waals surface area contributed by atoms with E-state index in [0.717, 1.165) is 25.8 Å². The molecule has 2 aliphatic rings. The van der Waals surface area contributed by atoms with Gasteiger partial charge in [0.2, 0.25) is 5.91 Å². The summed E-state index contributed by atoms with van der Waals surface area (Å²) in [5, 5.41) is 9.24. The second kappa shape index (κ2) is 7.12. The Hall–Kier alpha value is -1.58. The van der Waals surface area contributed by atoms with Gasteiger partial charge in [0.05, 0.1) is 0 Å². The van der Waals surface area contributed by atoms with Crippen LogP contribution in [0.5, 0.6) is 0 Å². The van der Waals surface area contributed by atoms with Crippen LogP contribution in [0.25, 0.3) is 10.8 Å². The van der Waals surface area contributed by atoms with Crippen molar-refractivity contribution in [3.8, 4) is 0 Å². The molecule has 3 nitrogen and oxygen atoms in total. The molecule has 1 aliphatic carbocycles. The van der Waals surface area contributed by atoms with E-state index in [1.54, 1.807) is 0 Å². The number of piperidine rings is 1. The molecule has 2 aromatic carbocycles. The molecule has 0 spiro atoms. The molecule has 1 heterocycles. The molecule has 1 saturated heterocycles. The van der Waals surface area contributed by atoms with Crippen molar-refractivity contribution < 1.29 is 4.79 Å². The van der Waals surface area contributed by atoms with Gasteiger partial charge in [-0.1, -0.05) is 42.5 Å². The Balaban J connectivity index is 0.00000169. The first-order chi connectivity index (χ1) is 11.2. The summed E-state index contributed by atoms with van der Waals surface area (Å²) in [6, 6.07) is 15.7. The zero-order valence-electron chi connectivity index (χ0n) is 14.0. The van der Waals surface area contributed by atoms with Crippen LogP contribution in [0.4, 0.5) is 0 Å². The highest BCUT2D eigenvalue weighted by Crippen LogP contribution is 2.48. The van der Waals surface area contributed by atoms with Crippen molar-refractivity contribution in [3.05, 3.63) is 48.0 Å². The minimum Gasteiger partial charge on any atom is -0.352 e. The molecule has 1 aliphatic heterocycles. The van der Waals surface area contributed by atoms with Crippen molar-refractivity contribution in [2.24, 2.45) is 5.92 Å². The van der Waals surface area contributed by atoms with Crippen LogP contribution in [0.3, 0.4) is 0 Å². The molecule has 4 atom stereocenters. The van der Waals surface area contributed by atoms with E-state index in [9.17, 15) is 4.79 Å². The summed E-state index contributed by atoms with van der Waals surface area (Å²) in [6.45, 7) is 3.23. The predicted octanol–water partition coefficient (Wildman–Crippen LogP) is 3.62. The fourth-order valence-electron chi connectivity index (χ4n) is 3.82. The van der Waals surface area contributed by atoms with Gasteiger partial charge in [-0.25, -0.2) is 0 Å². The first-order valence-corrected chi connectivity index (χ1v) is 8.75.